The van der Waals surface area contributed by atoms with Crippen LogP contribution in [-0.4, -0.2) is 42.8 Å². The number of esters is 1. The second-order valence-electron chi connectivity index (χ2n) is 6.42. The summed E-state index contributed by atoms with van der Waals surface area (Å²) in [6.45, 7) is 6.80. The lowest BCUT2D eigenvalue weighted by molar-refractivity contribution is -0.147. The molecule has 2 N–H and O–H groups in total. The molecule has 138 valence electrons. The molecule has 0 aromatic heterocycles. The molecule has 7 heteroatoms. The molecule has 0 aliphatic heterocycles. The average molecular weight is 350 g/mol. The highest BCUT2D eigenvalue weighted by atomic mass is 16.6. The minimum absolute atomic E-state index is 0.218. The van der Waals surface area contributed by atoms with Gasteiger partial charge < -0.3 is 20.1 Å². The van der Waals surface area contributed by atoms with Crippen molar-refractivity contribution in [2.45, 2.75) is 45.8 Å². The Morgan fingerprint density at radius 3 is 2.32 bits per heavy atom. The zero-order valence-corrected chi connectivity index (χ0v) is 15.1. The Labute approximate surface area is 148 Å². The van der Waals surface area contributed by atoms with Crippen molar-refractivity contribution < 1.29 is 23.9 Å². The van der Waals surface area contributed by atoms with Crippen molar-refractivity contribution in [2.75, 3.05) is 13.2 Å². The first-order chi connectivity index (χ1) is 11.7. The number of carbonyl (C=O) groups is 3. The summed E-state index contributed by atoms with van der Waals surface area (Å²) < 4.78 is 10.1. The molecule has 7 nitrogen and oxygen atoms in total. The Hall–Kier alpha value is -2.57. The lowest BCUT2D eigenvalue weighted by Gasteiger charge is -2.20. The van der Waals surface area contributed by atoms with E-state index in [1.807, 2.05) is 30.3 Å². The predicted octanol–water partition coefficient (Wildman–Crippen LogP) is 1.80. The fourth-order valence-electron chi connectivity index (χ4n) is 2.00. The first-order valence-electron chi connectivity index (χ1n) is 8.18. The van der Waals surface area contributed by atoms with Crippen molar-refractivity contribution >= 4 is 18.0 Å². The normalized spacial score (nSPS) is 12.0. The van der Waals surface area contributed by atoms with Gasteiger partial charge in [-0.25, -0.2) is 9.59 Å². The van der Waals surface area contributed by atoms with Crippen LogP contribution < -0.4 is 10.6 Å². The van der Waals surface area contributed by atoms with Crippen LogP contribution in [0.3, 0.4) is 0 Å². The van der Waals surface area contributed by atoms with Crippen LogP contribution in [0.1, 0.15) is 33.3 Å². The monoisotopic (exact) mass is 350 g/mol. The van der Waals surface area contributed by atoms with Gasteiger partial charge in [-0.3, -0.25) is 4.79 Å². The summed E-state index contributed by atoms with van der Waals surface area (Å²) in [7, 11) is 0. The molecule has 2 amide bonds. The van der Waals surface area contributed by atoms with Gasteiger partial charge in [0, 0.05) is 6.42 Å². The van der Waals surface area contributed by atoms with E-state index < -0.39 is 29.6 Å². The van der Waals surface area contributed by atoms with E-state index in [0.29, 0.717) is 6.42 Å². The van der Waals surface area contributed by atoms with Crippen molar-refractivity contribution in [3.05, 3.63) is 35.9 Å². The number of nitrogens with one attached hydrogen (secondary N) is 2. The standard InChI is InChI=1S/C18H26N2O5/c1-5-24-16(22)14(11-13-9-7-6-8-10-13)20-15(21)12-19-17(23)25-18(2,3)4/h6-10,14H,5,11-12H2,1-4H3,(H,19,23)(H,20,21). The van der Waals surface area contributed by atoms with Crippen molar-refractivity contribution in [3.8, 4) is 0 Å². The van der Waals surface area contributed by atoms with Gasteiger partial charge in [0.05, 0.1) is 6.61 Å². The minimum atomic E-state index is -0.824. The van der Waals surface area contributed by atoms with Gasteiger partial charge in [-0.2, -0.15) is 0 Å². The summed E-state index contributed by atoms with van der Waals surface area (Å²) in [6.07, 6.45) is -0.393. The molecule has 1 atom stereocenters. The molecule has 0 aliphatic rings. The first kappa shape index (κ1) is 20.5. The van der Waals surface area contributed by atoms with E-state index in [1.54, 1.807) is 27.7 Å². The second kappa shape index (κ2) is 9.66. The molecule has 0 spiro atoms. The molecule has 0 bridgehead atoms. The fourth-order valence-corrected chi connectivity index (χ4v) is 2.00. The Morgan fingerprint density at radius 1 is 1.12 bits per heavy atom. The highest BCUT2D eigenvalue weighted by Crippen LogP contribution is 2.07. The number of ether oxygens (including phenoxy) is 2. The van der Waals surface area contributed by atoms with E-state index >= 15 is 0 Å². The highest BCUT2D eigenvalue weighted by Gasteiger charge is 2.23. The molecule has 0 radical (unpaired) electrons. The maximum absolute atomic E-state index is 12.1. The Balaban J connectivity index is 2.59. The Kier molecular flexibility index (Phi) is 7.91. The highest BCUT2D eigenvalue weighted by molar-refractivity contribution is 5.87. The molecule has 1 aromatic carbocycles. The van der Waals surface area contributed by atoms with Crippen LogP contribution in [0.4, 0.5) is 4.79 Å². The van der Waals surface area contributed by atoms with Crippen molar-refractivity contribution in [2.24, 2.45) is 0 Å². The van der Waals surface area contributed by atoms with E-state index in [1.165, 1.54) is 0 Å². The average Bonchev–Trinajstić information content (AvgIpc) is 2.52. The third-order valence-electron chi connectivity index (χ3n) is 2.98. The first-order valence-corrected chi connectivity index (χ1v) is 8.18. The van der Waals surface area contributed by atoms with Crippen LogP contribution in [0.5, 0.6) is 0 Å². The van der Waals surface area contributed by atoms with E-state index in [0.717, 1.165) is 5.56 Å². The largest absolute Gasteiger partial charge is 0.464 e. The molecule has 0 saturated carbocycles. The summed E-state index contributed by atoms with van der Waals surface area (Å²) in [6, 6.07) is 8.46. The van der Waals surface area contributed by atoms with Gasteiger partial charge in [-0.1, -0.05) is 30.3 Å². The molecular weight excluding hydrogens is 324 g/mol. The summed E-state index contributed by atoms with van der Waals surface area (Å²) in [5.41, 5.74) is 0.238. The smallest absolute Gasteiger partial charge is 0.408 e. The molecule has 0 heterocycles. The van der Waals surface area contributed by atoms with Crippen LogP contribution in [0.15, 0.2) is 30.3 Å². The van der Waals surface area contributed by atoms with Crippen molar-refractivity contribution in [1.82, 2.24) is 10.6 Å². The number of benzene rings is 1. The van der Waals surface area contributed by atoms with Crippen LogP contribution in [-0.2, 0) is 25.5 Å². The van der Waals surface area contributed by atoms with Gasteiger partial charge in [-0.05, 0) is 33.3 Å². The third kappa shape index (κ3) is 8.74. The molecule has 0 aliphatic carbocycles. The van der Waals surface area contributed by atoms with Gasteiger partial charge >= 0.3 is 12.1 Å². The van der Waals surface area contributed by atoms with E-state index in [-0.39, 0.29) is 13.2 Å². The SMILES string of the molecule is CCOC(=O)C(Cc1ccccc1)NC(=O)CNC(=O)OC(C)(C)C. The van der Waals surface area contributed by atoms with Gasteiger partial charge in [0.1, 0.15) is 18.2 Å². The quantitative estimate of drug-likeness (QED) is 0.732. The molecule has 0 saturated heterocycles. The van der Waals surface area contributed by atoms with Crippen LogP contribution >= 0.6 is 0 Å². The van der Waals surface area contributed by atoms with Crippen LogP contribution in [0.25, 0.3) is 0 Å². The summed E-state index contributed by atoms with van der Waals surface area (Å²) in [5, 5.41) is 4.94. The lowest BCUT2D eigenvalue weighted by Crippen LogP contribution is -2.47. The third-order valence-corrected chi connectivity index (χ3v) is 2.98. The van der Waals surface area contributed by atoms with E-state index in [9.17, 15) is 14.4 Å². The molecule has 25 heavy (non-hydrogen) atoms. The Morgan fingerprint density at radius 2 is 1.76 bits per heavy atom. The fraction of sp³-hybridized carbons (Fsp3) is 0.500. The van der Waals surface area contributed by atoms with Crippen LogP contribution in [0, 0.1) is 0 Å². The van der Waals surface area contributed by atoms with Gasteiger partial charge in [0.15, 0.2) is 0 Å². The number of hydrogen-bond acceptors (Lipinski definition) is 5. The van der Waals surface area contributed by atoms with E-state index in [2.05, 4.69) is 10.6 Å². The minimum Gasteiger partial charge on any atom is -0.464 e. The lowest BCUT2D eigenvalue weighted by atomic mass is 10.1. The molecular formula is C18H26N2O5. The number of rotatable bonds is 7. The summed E-state index contributed by atoms with van der Waals surface area (Å²) in [4.78, 5) is 35.7. The summed E-state index contributed by atoms with van der Waals surface area (Å²) in [5.74, 6) is -1.02. The maximum Gasteiger partial charge on any atom is 0.408 e. The topological polar surface area (TPSA) is 93.7 Å². The number of amides is 2. The zero-order valence-electron chi connectivity index (χ0n) is 15.1. The second-order valence-corrected chi connectivity index (χ2v) is 6.42. The number of hydrogen-bond donors (Lipinski definition) is 2. The molecule has 1 aromatic rings. The number of carbonyl (C=O) groups excluding carboxylic acids is 3. The van der Waals surface area contributed by atoms with Gasteiger partial charge in [0.25, 0.3) is 0 Å². The molecule has 0 fully saturated rings. The van der Waals surface area contributed by atoms with Crippen LogP contribution in [0.2, 0.25) is 0 Å². The Bertz CT molecular complexity index is 581. The summed E-state index contributed by atoms with van der Waals surface area (Å²) >= 11 is 0. The van der Waals surface area contributed by atoms with E-state index in [4.69, 9.17) is 9.47 Å². The molecule has 1 rings (SSSR count). The van der Waals surface area contributed by atoms with Crippen molar-refractivity contribution in [3.63, 3.8) is 0 Å². The van der Waals surface area contributed by atoms with Gasteiger partial charge in [0.2, 0.25) is 5.91 Å². The van der Waals surface area contributed by atoms with Gasteiger partial charge in [-0.15, -0.1) is 0 Å². The molecule has 1 unspecified atom stereocenters. The maximum atomic E-state index is 12.1. The van der Waals surface area contributed by atoms with Crippen molar-refractivity contribution in [1.29, 1.82) is 0 Å². The predicted molar refractivity (Wildman–Crippen MR) is 92.9 cm³/mol. The number of alkyl carbamates (subject to hydrolysis) is 1. The zero-order chi connectivity index (χ0) is 18.9.